The van der Waals surface area contributed by atoms with Crippen LogP contribution in [0.15, 0.2) is 39.5 Å². The highest BCUT2D eigenvalue weighted by molar-refractivity contribution is 5.88. The summed E-state index contributed by atoms with van der Waals surface area (Å²) >= 11 is 0. The van der Waals surface area contributed by atoms with Crippen molar-refractivity contribution in [1.82, 2.24) is 0 Å². The van der Waals surface area contributed by atoms with Crippen LogP contribution in [0.3, 0.4) is 0 Å². The zero-order valence-corrected chi connectivity index (χ0v) is 22.3. The molecule has 2 aliphatic rings. The molecule has 0 aliphatic carbocycles. The molecule has 0 spiro atoms. The van der Waals surface area contributed by atoms with Crippen LogP contribution in [0.1, 0.15) is 6.92 Å². The first kappa shape index (κ1) is 30.7. The van der Waals surface area contributed by atoms with E-state index in [0.29, 0.717) is 0 Å². The fourth-order valence-corrected chi connectivity index (χ4v) is 4.84. The maximum absolute atomic E-state index is 13.6. The number of phenols is 4. The summed E-state index contributed by atoms with van der Waals surface area (Å²) < 4.78 is 27.8. The van der Waals surface area contributed by atoms with E-state index in [1.54, 1.807) is 0 Å². The van der Waals surface area contributed by atoms with Gasteiger partial charge in [-0.2, -0.15) is 0 Å². The molecule has 234 valence electrons. The van der Waals surface area contributed by atoms with Crippen molar-refractivity contribution in [1.29, 1.82) is 0 Å². The highest BCUT2D eigenvalue weighted by Gasteiger charge is 2.47. The molecule has 0 radical (unpaired) electrons. The van der Waals surface area contributed by atoms with E-state index in [1.807, 2.05) is 0 Å². The Hall–Kier alpha value is -3.71. The topological polar surface area (TPSA) is 269 Å². The lowest BCUT2D eigenvalue weighted by Gasteiger charge is -2.42. The minimum absolute atomic E-state index is 0.0313. The van der Waals surface area contributed by atoms with E-state index in [-0.39, 0.29) is 11.1 Å². The van der Waals surface area contributed by atoms with E-state index in [9.17, 15) is 55.9 Å². The van der Waals surface area contributed by atoms with Crippen LogP contribution in [0.4, 0.5) is 0 Å². The van der Waals surface area contributed by atoms with Gasteiger partial charge in [-0.05, 0) is 25.1 Å². The molecule has 43 heavy (non-hydrogen) atoms. The Morgan fingerprint density at radius 2 is 1.42 bits per heavy atom. The molecule has 16 heteroatoms. The average molecular weight is 611 g/mol. The van der Waals surface area contributed by atoms with Gasteiger partial charge in [0, 0.05) is 17.7 Å². The standard InChI is InChI=1S/C27H30O16/c1-8-17(32)20(35)22(37)26(40-8)39-7-15-18(33)21(36)23(38)27(42-15)43-25-19(34)16-13(31)5-10(28)6-14(16)41-24(25)9-2-3-11(29)12(30)4-9/h2-6,8,15,17-18,20-23,26-33,35-38H,7H2,1H3/t8-,15+,17-,18-,20+,21-,22+,23+,26+,27-/m0/s1. The highest BCUT2D eigenvalue weighted by Crippen LogP contribution is 2.39. The molecule has 0 amide bonds. The summed E-state index contributed by atoms with van der Waals surface area (Å²) in [7, 11) is 0. The quantitative estimate of drug-likeness (QED) is 0.140. The van der Waals surface area contributed by atoms with Gasteiger partial charge in [-0.15, -0.1) is 0 Å². The molecule has 0 saturated carbocycles. The van der Waals surface area contributed by atoms with Gasteiger partial charge in [0.15, 0.2) is 23.5 Å². The third kappa shape index (κ3) is 5.67. The smallest absolute Gasteiger partial charge is 0.239 e. The molecular weight excluding hydrogens is 580 g/mol. The Morgan fingerprint density at radius 1 is 0.744 bits per heavy atom. The number of benzene rings is 2. The Morgan fingerprint density at radius 3 is 2.12 bits per heavy atom. The molecule has 2 saturated heterocycles. The van der Waals surface area contributed by atoms with Crippen LogP contribution in [0.5, 0.6) is 28.7 Å². The third-order valence-electron chi connectivity index (χ3n) is 7.29. The second kappa shape index (κ2) is 11.8. The largest absolute Gasteiger partial charge is 0.508 e. The Balaban J connectivity index is 1.48. The number of hydrogen-bond acceptors (Lipinski definition) is 16. The molecule has 3 aromatic rings. The van der Waals surface area contributed by atoms with E-state index in [0.717, 1.165) is 24.3 Å². The predicted octanol–water partition coefficient (Wildman–Crippen LogP) is -1.69. The number of aliphatic hydroxyl groups is 6. The van der Waals surface area contributed by atoms with Crippen molar-refractivity contribution in [2.24, 2.45) is 0 Å². The van der Waals surface area contributed by atoms with E-state index >= 15 is 0 Å². The van der Waals surface area contributed by atoms with Crippen molar-refractivity contribution >= 4 is 11.0 Å². The summed E-state index contributed by atoms with van der Waals surface area (Å²) in [6, 6.07) is 5.24. The van der Waals surface area contributed by atoms with E-state index in [1.165, 1.54) is 13.0 Å². The maximum Gasteiger partial charge on any atom is 0.239 e. The second-order valence-corrected chi connectivity index (χ2v) is 10.3. The fraction of sp³-hybridized carbons (Fsp3) is 0.444. The van der Waals surface area contributed by atoms with Gasteiger partial charge in [-0.3, -0.25) is 4.79 Å². The molecule has 0 unspecified atom stereocenters. The minimum Gasteiger partial charge on any atom is -0.508 e. The van der Waals surface area contributed by atoms with Gasteiger partial charge < -0.3 is 74.4 Å². The van der Waals surface area contributed by atoms with Gasteiger partial charge >= 0.3 is 0 Å². The molecule has 2 aromatic carbocycles. The molecular formula is C27H30O16. The summed E-state index contributed by atoms with van der Waals surface area (Å²) in [5.41, 5.74) is -1.35. The summed E-state index contributed by atoms with van der Waals surface area (Å²) in [6.07, 6.45) is -16.2. The molecule has 5 rings (SSSR count). The summed E-state index contributed by atoms with van der Waals surface area (Å²) in [4.78, 5) is 13.6. The van der Waals surface area contributed by atoms with Crippen LogP contribution in [-0.2, 0) is 14.2 Å². The number of aromatic hydroxyl groups is 4. The van der Waals surface area contributed by atoms with Gasteiger partial charge in [0.2, 0.25) is 17.5 Å². The zero-order chi connectivity index (χ0) is 31.3. The normalized spacial score (nSPS) is 33.0. The predicted molar refractivity (Wildman–Crippen MR) is 140 cm³/mol. The molecule has 10 atom stereocenters. The summed E-state index contributed by atoms with van der Waals surface area (Å²) in [5.74, 6) is -3.33. The molecule has 2 aliphatic heterocycles. The zero-order valence-electron chi connectivity index (χ0n) is 22.3. The van der Waals surface area contributed by atoms with Crippen LogP contribution in [0.2, 0.25) is 0 Å². The fourth-order valence-electron chi connectivity index (χ4n) is 4.84. The van der Waals surface area contributed by atoms with E-state index in [4.69, 9.17) is 23.4 Å². The number of hydrogen-bond donors (Lipinski definition) is 10. The van der Waals surface area contributed by atoms with Crippen LogP contribution < -0.4 is 10.2 Å². The van der Waals surface area contributed by atoms with Crippen molar-refractivity contribution in [2.75, 3.05) is 6.61 Å². The number of aliphatic hydroxyl groups excluding tert-OH is 6. The average Bonchev–Trinajstić information content (AvgIpc) is 2.96. The molecule has 10 N–H and O–H groups in total. The number of rotatable bonds is 6. The van der Waals surface area contributed by atoms with Gasteiger partial charge in [0.05, 0.1) is 12.7 Å². The van der Waals surface area contributed by atoms with Crippen molar-refractivity contribution in [3.05, 3.63) is 40.6 Å². The Kier molecular flexibility index (Phi) is 8.41. The minimum atomic E-state index is -1.97. The van der Waals surface area contributed by atoms with Gasteiger partial charge in [-0.25, -0.2) is 0 Å². The van der Waals surface area contributed by atoms with Crippen LogP contribution in [-0.4, -0.2) is 119 Å². The highest BCUT2D eigenvalue weighted by atomic mass is 16.7. The first-order valence-electron chi connectivity index (χ1n) is 13.0. The molecule has 1 aromatic heterocycles. The number of phenolic OH excluding ortho intramolecular Hbond substituents is 4. The van der Waals surface area contributed by atoms with Crippen molar-refractivity contribution < 1.29 is 74.4 Å². The Bertz CT molecular complexity index is 1540. The number of fused-ring (bicyclic) bond motifs is 1. The molecule has 0 bridgehead atoms. The first-order chi connectivity index (χ1) is 20.3. The van der Waals surface area contributed by atoms with Crippen LogP contribution in [0, 0.1) is 0 Å². The monoisotopic (exact) mass is 610 g/mol. The van der Waals surface area contributed by atoms with E-state index in [2.05, 4.69) is 0 Å². The molecule has 2 fully saturated rings. The molecule has 16 nitrogen and oxygen atoms in total. The van der Waals surface area contributed by atoms with Crippen LogP contribution in [0.25, 0.3) is 22.3 Å². The van der Waals surface area contributed by atoms with Crippen LogP contribution >= 0.6 is 0 Å². The lowest BCUT2D eigenvalue weighted by Crippen LogP contribution is -2.61. The lowest BCUT2D eigenvalue weighted by molar-refractivity contribution is -0.318. The summed E-state index contributed by atoms with van der Waals surface area (Å²) in [5, 5.41) is 101. The van der Waals surface area contributed by atoms with Crippen molar-refractivity contribution in [3.8, 4) is 40.1 Å². The van der Waals surface area contributed by atoms with Crippen molar-refractivity contribution in [3.63, 3.8) is 0 Å². The second-order valence-electron chi connectivity index (χ2n) is 10.3. The SMILES string of the molecule is C[C@@H]1O[C@@H](OC[C@H]2O[C@@H](Oc3c(-c4ccc(O)c(O)c4)oc4cc(O)cc(O)c4c3=O)[C@H](O)[C@@H](O)[C@H]2O)[C@H](O)[C@H](O)[C@H]1O. The third-order valence-corrected chi connectivity index (χ3v) is 7.29. The maximum atomic E-state index is 13.6. The first-order valence-corrected chi connectivity index (χ1v) is 13.0. The molecule has 3 heterocycles. The van der Waals surface area contributed by atoms with Gasteiger partial charge in [0.25, 0.3) is 0 Å². The van der Waals surface area contributed by atoms with Crippen molar-refractivity contribution in [2.45, 2.75) is 68.3 Å². The Labute approximate surface area is 241 Å². The number of ether oxygens (including phenoxy) is 4. The van der Waals surface area contributed by atoms with Gasteiger partial charge in [0.1, 0.15) is 65.2 Å². The summed E-state index contributed by atoms with van der Waals surface area (Å²) in [6.45, 7) is 0.818. The lowest BCUT2D eigenvalue weighted by atomic mass is 9.98. The van der Waals surface area contributed by atoms with Gasteiger partial charge in [-0.1, -0.05) is 0 Å². The van der Waals surface area contributed by atoms with E-state index < -0.39 is 113 Å².